The van der Waals surface area contributed by atoms with E-state index >= 15 is 0 Å². The number of alkyl halides is 3. The van der Waals surface area contributed by atoms with Crippen LogP contribution in [0.1, 0.15) is 18.6 Å². The number of benzene rings is 1. The van der Waals surface area contributed by atoms with Crippen molar-refractivity contribution in [2.75, 3.05) is 18.5 Å². The maximum Gasteiger partial charge on any atom is 0.405 e. The van der Waals surface area contributed by atoms with Gasteiger partial charge < -0.3 is 10.0 Å². The topological polar surface area (TPSA) is 23.5 Å². The summed E-state index contributed by atoms with van der Waals surface area (Å²) in [4.78, 5) is 0.747. The fourth-order valence-corrected chi connectivity index (χ4v) is 1.62. The van der Waals surface area contributed by atoms with Gasteiger partial charge in [-0.1, -0.05) is 12.1 Å². The molecule has 0 saturated heterocycles. The van der Waals surface area contributed by atoms with Crippen molar-refractivity contribution in [2.45, 2.75) is 19.2 Å². The van der Waals surface area contributed by atoms with Gasteiger partial charge in [0.15, 0.2) is 0 Å². The van der Waals surface area contributed by atoms with Crippen molar-refractivity contribution in [3.63, 3.8) is 0 Å². The lowest BCUT2D eigenvalue weighted by molar-refractivity contribution is -0.119. The normalized spacial score (nSPS) is 13.6. The van der Waals surface area contributed by atoms with Gasteiger partial charge >= 0.3 is 6.18 Å². The van der Waals surface area contributed by atoms with Crippen LogP contribution in [0.5, 0.6) is 0 Å². The third kappa shape index (κ3) is 3.59. The van der Waals surface area contributed by atoms with Crippen LogP contribution in [-0.2, 0) is 0 Å². The number of para-hydroxylation sites is 1. The highest BCUT2D eigenvalue weighted by Gasteiger charge is 2.31. The van der Waals surface area contributed by atoms with E-state index in [-0.39, 0.29) is 11.3 Å². The van der Waals surface area contributed by atoms with Crippen molar-refractivity contribution < 1.29 is 22.7 Å². The third-order valence-corrected chi connectivity index (χ3v) is 2.27. The van der Waals surface area contributed by atoms with Gasteiger partial charge in [0.2, 0.25) is 0 Å². The average molecular weight is 251 g/mol. The first kappa shape index (κ1) is 13.8. The summed E-state index contributed by atoms with van der Waals surface area (Å²) in [5.41, 5.74) is -0.0865. The van der Waals surface area contributed by atoms with Gasteiger partial charge in [0.25, 0.3) is 0 Å². The molecule has 96 valence electrons. The van der Waals surface area contributed by atoms with Crippen molar-refractivity contribution in [1.29, 1.82) is 0 Å². The number of aliphatic hydroxyl groups excluding tert-OH is 1. The standard InChI is InChI=1S/C11H13F4NO/c1-7(17)8-4-3-5-9(12)10(8)16(2)6-11(13,14)15/h3-5,7,17H,6H2,1-2H3/t7-/m0/s1. The largest absolute Gasteiger partial charge is 0.405 e. The number of rotatable bonds is 3. The Morgan fingerprint density at radius 2 is 1.94 bits per heavy atom. The first-order chi connectivity index (χ1) is 7.72. The van der Waals surface area contributed by atoms with E-state index < -0.39 is 24.6 Å². The summed E-state index contributed by atoms with van der Waals surface area (Å²) in [5.74, 6) is -0.782. The zero-order chi connectivity index (χ0) is 13.2. The number of hydrogen-bond acceptors (Lipinski definition) is 2. The Morgan fingerprint density at radius 3 is 2.41 bits per heavy atom. The molecule has 0 bridgehead atoms. The first-order valence-corrected chi connectivity index (χ1v) is 4.96. The van der Waals surface area contributed by atoms with E-state index in [0.717, 1.165) is 18.0 Å². The zero-order valence-corrected chi connectivity index (χ0v) is 9.42. The van der Waals surface area contributed by atoms with Crippen LogP contribution in [0, 0.1) is 5.82 Å². The number of halogens is 4. The lowest BCUT2D eigenvalue weighted by atomic mass is 10.1. The van der Waals surface area contributed by atoms with Crippen LogP contribution >= 0.6 is 0 Å². The lowest BCUT2D eigenvalue weighted by Crippen LogP contribution is -2.32. The average Bonchev–Trinajstić information content (AvgIpc) is 2.13. The molecule has 0 heterocycles. The molecule has 1 aromatic rings. The van der Waals surface area contributed by atoms with E-state index in [4.69, 9.17) is 0 Å². The van der Waals surface area contributed by atoms with Gasteiger partial charge in [-0.15, -0.1) is 0 Å². The Balaban J connectivity index is 3.11. The summed E-state index contributed by atoms with van der Waals surface area (Å²) in [5, 5.41) is 9.40. The van der Waals surface area contributed by atoms with E-state index in [9.17, 15) is 22.7 Å². The summed E-state index contributed by atoms with van der Waals surface area (Å²) < 4.78 is 50.2. The second-order valence-electron chi connectivity index (χ2n) is 3.82. The zero-order valence-electron chi connectivity index (χ0n) is 9.42. The van der Waals surface area contributed by atoms with Gasteiger partial charge in [-0.05, 0) is 13.0 Å². The molecule has 0 aliphatic heterocycles. The molecular formula is C11H13F4NO. The molecule has 0 spiro atoms. The third-order valence-electron chi connectivity index (χ3n) is 2.27. The van der Waals surface area contributed by atoms with E-state index in [1.165, 1.54) is 19.1 Å². The molecule has 0 radical (unpaired) electrons. The predicted octanol–water partition coefficient (Wildman–Crippen LogP) is 2.88. The molecule has 0 saturated carbocycles. The monoisotopic (exact) mass is 251 g/mol. The van der Waals surface area contributed by atoms with E-state index in [0.29, 0.717) is 0 Å². The fourth-order valence-electron chi connectivity index (χ4n) is 1.62. The van der Waals surface area contributed by atoms with Gasteiger partial charge in [0.05, 0.1) is 11.8 Å². The SMILES string of the molecule is C[C@H](O)c1cccc(F)c1N(C)CC(F)(F)F. The molecule has 1 aromatic carbocycles. The molecule has 0 aromatic heterocycles. The van der Waals surface area contributed by atoms with E-state index in [1.54, 1.807) is 0 Å². The molecule has 1 rings (SSSR count). The van der Waals surface area contributed by atoms with Crippen molar-refractivity contribution in [3.8, 4) is 0 Å². The summed E-state index contributed by atoms with van der Waals surface area (Å²) in [6.45, 7) is 0.105. The summed E-state index contributed by atoms with van der Waals surface area (Å²) in [6.07, 6.45) is -5.45. The Hall–Kier alpha value is -1.30. The second kappa shape index (κ2) is 4.91. The van der Waals surface area contributed by atoms with Crippen LogP contribution < -0.4 is 4.90 Å². The molecule has 0 aliphatic carbocycles. The van der Waals surface area contributed by atoms with Crippen molar-refractivity contribution in [2.24, 2.45) is 0 Å². The first-order valence-electron chi connectivity index (χ1n) is 4.96. The Bertz CT molecular complexity index is 390. The minimum atomic E-state index is -4.42. The van der Waals surface area contributed by atoms with Crippen molar-refractivity contribution in [3.05, 3.63) is 29.6 Å². The number of hydrogen-bond donors (Lipinski definition) is 1. The second-order valence-corrected chi connectivity index (χ2v) is 3.82. The van der Waals surface area contributed by atoms with Crippen LogP contribution in [0.25, 0.3) is 0 Å². The molecule has 1 N–H and O–H groups in total. The molecule has 0 amide bonds. The lowest BCUT2D eigenvalue weighted by Gasteiger charge is -2.25. The smallest absolute Gasteiger partial charge is 0.389 e. The summed E-state index contributed by atoms with van der Waals surface area (Å²) in [7, 11) is 1.14. The number of aliphatic hydroxyl groups is 1. The van der Waals surface area contributed by atoms with E-state index in [2.05, 4.69) is 0 Å². The van der Waals surface area contributed by atoms with Crippen LogP contribution in [0.15, 0.2) is 18.2 Å². The fraction of sp³-hybridized carbons (Fsp3) is 0.455. The Morgan fingerprint density at radius 1 is 1.35 bits per heavy atom. The van der Waals surface area contributed by atoms with Crippen molar-refractivity contribution >= 4 is 5.69 Å². The van der Waals surface area contributed by atoms with Gasteiger partial charge in [-0.3, -0.25) is 0 Å². The van der Waals surface area contributed by atoms with Crippen LogP contribution in [0.4, 0.5) is 23.2 Å². The minimum absolute atomic E-state index is 0.136. The van der Waals surface area contributed by atoms with Crippen LogP contribution in [-0.4, -0.2) is 24.9 Å². The number of anilines is 1. The quantitative estimate of drug-likeness (QED) is 0.835. The Kier molecular flexibility index (Phi) is 3.98. The molecule has 0 fully saturated rings. The molecule has 17 heavy (non-hydrogen) atoms. The highest BCUT2D eigenvalue weighted by Crippen LogP contribution is 2.30. The molecule has 0 unspecified atom stereocenters. The van der Waals surface area contributed by atoms with Crippen LogP contribution in [0.3, 0.4) is 0 Å². The highest BCUT2D eigenvalue weighted by atomic mass is 19.4. The molecule has 1 atom stereocenters. The molecule has 2 nitrogen and oxygen atoms in total. The summed E-state index contributed by atoms with van der Waals surface area (Å²) in [6, 6.07) is 3.81. The summed E-state index contributed by atoms with van der Waals surface area (Å²) >= 11 is 0. The predicted molar refractivity (Wildman–Crippen MR) is 56.4 cm³/mol. The van der Waals surface area contributed by atoms with Gasteiger partial charge in [-0.25, -0.2) is 4.39 Å². The van der Waals surface area contributed by atoms with Gasteiger partial charge in [0.1, 0.15) is 12.4 Å². The van der Waals surface area contributed by atoms with Crippen LogP contribution in [0.2, 0.25) is 0 Å². The number of nitrogens with zero attached hydrogens (tertiary/aromatic N) is 1. The maximum absolute atomic E-state index is 13.5. The molecule has 0 aliphatic rings. The molecule has 6 heteroatoms. The van der Waals surface area contributed by atoms with Gasteiger partial charge in [-0.2, -0.15) is 13.2 Å². The highest BCUT2D eigenvalue weighted by molar-refractivity contribution is 5.55. The van der Waals surface area contributed by atoms with E-state index in [1.807, 2.05) is 0 Å². The maximum atomic E-state index is 13.5. The van der Waals surface area contributed by atoms with Gasteiger partial charge in [0, 0.05) is 12.6 Å². The molecular weight excluding hydrogens is 238 g/mol. The van der Waals surface area contributed by atoms with Crippen molar-refractivity contribution in [1.82, 2.24) is 0 Å². The minimum Gasteiger partial charge on any atom is -0.389 e. The Labute approximate surface area is 96.5 Å².